The fourth-order valence-corrected chi connectivity index (χ4v) is 3.81. The molecule has 9 heteroatoms. The topological polar surface area (TPSA) is 145 Å². The van der Waals surface area contributed by atoms with Crippen LogP contribution in [0.4, 0.5) is 0 Å². The van der Waals surface area contributed by atoms with Gasteiger partial charge in [0, 0.05) is 25.0 Å². The fraction of sp³-hybridized carbons (Fsp3) is 0.310. The Morgan fingerprint density at radius 3 is 2.32 bits per heavy atom. The van der Waals surface area contributed by atoms with E-state index in [1.54, 1.807) is 18.2 Å². The zero-order valence-corrected chi connectivity index (χ0v) is 21.1. The number of allylic oxidation sites excluding steroid dienone is 11. The molecule has 0 aromatic carbocycles. The number of aliphatic hydroxyl groups excluding tert-OH is 1. The van der Waals surface area contributed by atoms with E-state index in [1.807, 2.05) is 18.2 Å². The van der Waals surface area contributed by atoms with Crippen LogP contribution in [-0.2, 0) is 23.9 Å². The van der Waals surface area contributed by atoms with E-state index < -0.39 is 35.4 Å². The summed E-state index contributed by atoms with van der Waals surface area (Å²) < 4.78 is 5.33. The summed E-state index contributed by atoms with van der Waals surface area (Å²) >= 11 is 0. The molecule has 1 aliphatic heterocycles. The smallest absolute Gasteiger partial charge is 0.248 e. The minimum Gasteiger partial charge on any atom is -0.510 e. The van der Waals surface area contributed by atoms with Crippen LogP contribution in [0, 0.1) is 0 Å². The highest BCUT2D eigenvalue weighted by atomic mass is 16.6. The van der Waals surface area contributed by atoms with Crippen molar-refractivity contribution in [2.45, 2.75) is 56.8 Å². The number of Topliss-reactive ketones (excluding diaryl/α,β-unsaturated/α-hetero) is 2. The number of hydrogen-bond acceptors (Lipinski definition) is 7. The molecule has 0 radical (unpaired) electrons. The van der Waals surface area contributed by atoms with Gasteiger partial charge in [-0.1, -0.05) is 74.4 Å². The monoisotopic (exact) mass is 520 g/mol. The molecular formula is C29H32N2O7. The maximum atomic E-state index is 12.4. The predicted octanol–water partition coefficient (Wildman–Crippen LogP) is 2.84. The van der Waals surface area contributed by atoms with E-state index in [0.717, 1.165) is 19.3 Å². The third-order valence-corrected chi connectivity index (χ3v) is 5.89. The van der Waals surface area contributed by atoms with Crippen molar-refractivity contribution < 1.29 is 34.1 Å². The Balaban J connectivity index is 1.53. The number of fused-ring (bicyclic) bond motifs is 1. The first-order valence-electron chi connectivity index (χ1n) is 12.5. The second-order valence-electron chi connectivity index (χ2n) is 8.93. The number of amides is 2. The number of rotatable bonds is 12. The zero-order chi connectivity index (χ0) is 27.5. The maximum absolute atomic E-state index is 12.4. The van der Waals surface area contributed by atoms with E-state index in [2.05, 4.69) is 17.6 Å². The van der Waals surface area contributed by atoms with Crippen LogP contribution in [0.5, 0.6) is 0 Å². The van der Waals surface area contributed by atoms with Gasteiger partial charge in [0.25, 0.3) is 0 Å². The highest BCUT2D eigenvalue weighted by molar-refractivity contribution is 6.06. The molecule has 1 heterocycles. The normalized spacial score (nSPS) is 25.6. The average molecular weight is 521 g/mol. The number of carbonyl (C=O) groups excluding carboxylic acids is 4. The second-order valence-corrected chi connectivity index (χ2v) is 8.93. The standard InChI is InChI=1S/C29H32N2O7/c1-2-3-4-5-6-7-8-11-14-23(34)30-20-19-29(37,28-27(38-28)26(20)36)18-13-10-9-12-15-24(35)31-25-21(32)16-17-22(25)33/h5-15,18-19,27-28,32,37H,2-4,16-17H2,1H3,(H,30,34)(H,31,35). The third-order valence-electron chi connectivity index (χ3n) is 5.89. The Kier molecular flexibility index (Phi) is 10.1. The summed E-state index contributed by atoms with van der Waals surface area (Å²) in [5.74, 6) is -1.93. The van der Waals surface area contributed by atoms with Gasteiger partial charge in [0.05, 0.1) is 5.70 Å². The molecular weight excluding hydrogens is 488 g/mol. The molecule has 2 aliphatic carbocycles. The molecule has 3 aliphatic rings. The van der Waals surface area contributed by atoms with Crippen molar-refractivity contribution in [3.8, 4) is 0 Å². The number of nitrogens with one attached hydrogen (secondary N) is 2. The summed E-state index contributed by atoms with van der Waals surface area (Å²) in [5, 5.41) is 25.4. The Bertz CT molecular complexity index is 1200. The first kappa shape index (κ1) is 28.5. The molecule has 200 valence electrons. The van der Waals surface area contributed by atoms with E-state index in [9.17, 15) is 29.4 Å². The predicted molar refractivity (Wildman–Crippen MR) is 141 cm³/mol. The third kappa shape index (κ3) is 7.96. The fourth-order valence-electron chi connectivity index (χ4n) is 3.81. The maximum Gasteiger partial charge on any atom is 0.248 e. The first-order valence-corrected chi connectivity index (χ1v) is 12.5. The lowest BCUT2D eigenvalue weighted by Gasteiger charge is -2.23. The minimum absolute atomic E-state index is 0.0476. The first-order chi connectivity index (χ1) is 18.2. The van der Waals surface area contributed by atoms with Crippen molar-refractivity contribution in [3.05, 3.63) is 96.1 Å². The molecule has 0 aromatic rings. The van der Waals surface area contributed by atoms with Crippen molar-refractivity contribution >= 4 is 23.4 Å². The summed E-state index contributed by atoms with van der Waals surface area (Å²) in [6.45, 7) is 2.13. The van der Waals surface area contributed by atoms with Crippen LogP contribution in [0.3, 0.4) is 0 Å². The van der Waals surface area contributed by atoms with Crippen LogP contribution in [0.1, 0.15) is 39.0 Å². The highest BCUT2D eigenvalue weighted by Crippen LogP contribution is 2.40. The largest absolute Gasteiger partial charge is 0.510 e. The Hall–Kier alpha value is -4.08. The van der Waals surface area contributed by atoms with Gasteiger partial charge in [-0.15, -0.1) is 0 Å². The molecule has 0 aromatic heterocycles. The zero-order valence-electron chi connectivity index (χ0n) is 21.1. The van der Waals surface area contributed by atoms with Gasteiger partial charge in [-0.2, -0.15) is 0 Å². The number of epoxide rings is 1. The number of unbranched alkanes of at least 4 members (excludes halogenated alkanes) is 2. The van der Waals surface area contributed by atoms with Crippen LogP contribution in [-0.4, -0.2) is 51.4 Å². The van der Waals surface area contributed by atoms with Crippen molar-refractivity contribution in [1.29, 1.82) is 0 Å². The Labute approximate surface area is 221 Å². The van der Waals surface area contributed by atoms with Gasteiger partial charge < -0.3 is 25.6 Å². The quantitative estimate of drug-likeness (QED) is 0.134. The summed E-state index contributed by atoms with van der Waals surface area (Å²) in [6, 6.07) is 0. The van der Waals surface area contributed by atoms with E-state index in [0.29, 0.717) is 0 Å². The lowest BCUT2D eigenvalue weighted by molar-refractivity contribution is -0.121. The summed E-state index contributed by atoms with van der Waals surface area (Å²) in [5.41, 5.74) is -1.73. The molecule has 3 unspecified atom stereocenters. The SMILES string of the molecule is CCCCC=CC=CC=CC(=O)NC1=CC(O)(C=CC=CC=CC(=O)NC2=C(O)CCC2=O)C2OC2C1=O. The van der Waals surface area contributed by atoms with Gasteiger partial charge in [-0.05, 0) is 18.6 Å². The van der Waals surface area contributed by atoms with Crippen LogP contribution < -0.4 is 10.6 Å². The molecule has 4 N–H and O–H groups in total. The molecule has 1 saturated heterocycles. The van der Waals surface area contributed by atoms with E-state index >= 15 is 0 Å². The Morgan fingerprint density at radius 1 is 1.00 bits per heavy atom. The lowest BCUT2D eigenvalue weighted by atomic mass is 9.88. The second kappa shape index (κ2) is 13.5. The lowest BCUT2D eigenvalue weighted by Crippen LogP contribution is -2.42. The minimum atomic E-state index is -1.60. The molecule has 0 bridgehead atoms. The van der Waals surface area contributed by atoms with Crippen LogP contribution in [0.2, 0.25) is 0 Å². The number of hydrogen-bond donors (Lipinski definition) is 4. The number of carbonyl (C=O) groups is 4. The molecule has 3 atom stereocenters. The van der Waals surface area contributed by atoms with Crippen LogP contribution in [0.25, 0.3) is 0 Å². The average Bonchev–Trinajstić information content (AvgIpc) is 3.65. The number of aliphatic hydroxyl groups is 2. The van der Waals surface area contributed by atoms with E-state index in [4.69, 9.17) is 4.74 Å². The van der Waals surface area contributed by atoms with Crippen molar-refractivity contribution in [1.82, 2.24) is 10.6 Å². The van der Waals surface area contributed by atoms with Crippen LogP contribution >= 0.6 is 0 Å². The van der Waals surface area contributed by atoms with Gasteiger partial charge >= 0.3 is 0 Å². The van der Waals surface area contributed by atoms with E-state index in [-0.39, 0.29) is 35.8 Å². The number of ether oxygens (including phenoxy) is 1. The molecule has 38 heavy (non-hydrogen) atoms. The summed E-state index contributed by atoms with van der Waals surface area (Å²) in [6.07, 6.45) is 22.2. The van der Waals surface area contributed by atoms with E-state index in [1.165, 1.54) is 42.5 Å². The molecule has 1 fully saturated rings. The van der Waals surface area contributed by atoms with Gasteiger partial charge in [-0.3, -0.25) is 19.2 Å². The summed E-state index contributed by atoms with van der Waals surface area (Å²) in [7, 11) is 0. The molecule has 3 rings (SSSR count). The van der Waals surface area contributed by atoms with Crippen molar-refractivity contribution in [2.75, 3.05) is 0 Å². The molecule has 0 saturated carbocycles. The van der Waals surface area contributed by atoms with Crippen molar-refractivity contribution in [3.63, 3.8) is 0 Å². The molecule has 9 nitrogen and oxygen atoms in total. The highest BCUT2D eigenvalue weighted by Gasteiger charge is 2.59. The van der Waals surface area contributed by atoms with Gasteiger partial charge in [-0.25, -0.2) is 0 Å². The molecule has 2 amide bonds. The molecule has 0 spiro atoms. The Morgan fingerprint density at radius 2 is 1.66 bits per heavy atom. The summed E-state index contributed by atoms with van der Waals surface area (Å²) in [4.78, 5) is 48.1. The van der Waals surface area contributed by atoms with Gasteiger partial charge in [0.15, 0.2) is 11.9 Å². The van der Waals surface area contributed by atoms with Gasteiger partial charge in [0.1, 0.15) is 23.2 Å². The van der Waals surface area contributed by atoms with Crippen LogP contribution in [0.15, 0.2) is 96.1 Å². The van der Waals surface area contributed by atoms with Crippen molar-refractivity contribution in [2.24, 2.45) is 0 Å². The number of ketones is 2. The van der Waals surface area contributed by atoms with Gasteiger partial charge in [0.2, 0.25) is 17.6 Å².